The molecule has 2 aromatic rings. The molecule has 1 heterocycles. The molecule has 1 saturated heterocycles. The van der Waals surface area contributed by atoms with Crippen molar-refractivity contribution < 1.29 is 0 Å². The maximum Gasteiger partial charge on any atom is 0.0676 e. The molecule has 0 radical (unpaired) electrons. The van der Waals surface area contributed by atoms with Crippen LogP contribution >= 0.6 is 23.2 Å². The number of halogens is 2. The van der Waals surface area contributed by atoms with E-state index in [1.54, 1.807) is 0 Å². The Morgan fingerprint density at radius 1 is 1.05 bits per heavy atom. The summed E-state index contributed by atoms with van der Waals surface area (Å²) in [7, 11) is 0. The highest BCUT2D eigenvalue weighted by Gasteiger charge is 2.34. The molecule has 0 saturated carbocycles. The maximum atomic E-state index is 9.47. The van der Waals surface area contributed by atoms with Crippen LogP contribution < -0.4 is 0 Å². The lowest BCUT2D eigenvalue weighted by Crippen LogP contribution is -2.20. The van der Waals surface area contributed by atoms with Gasteiger partial charge in [-0.1, -0.05) is 59.6 Å². The van der Waals surface area contributed by atoms with Crippen LogP contribution in [0.3, 0.4) is 0 Å². The Hall–Kier alpha value is -1.53. The minimum Gasteiger partial charge on any atom is -0.297 e. The minimum atomic E-state index is -0.0130. The van der Waals surface area contributed by atoms with E-state index in [4.69, 9.17) is 23.2 Å². The van der Waals surface area contributed by atoms with Crippen LogP contribution in [0.15, 0.2) is 48.5 Å². The Kier molecular flexibility index (Phi) is 4.69. The summed E-state index contributed by atoms with van der Waals surface area (Å²) >= 11 is 12.1. The first-order valence-corrected chi connectivity index (χ1v) is 8.04. The number of nitrogens with zero attached hydrogens (tertiary/aromatic N) is 2. The SMILES string of the molecule is N#CC1CN(Cc2ccccc2)CC1c1ccc(Cl)c(Cl)c1. The van der Waals surface area contributed by atoms with E-state index in [2.05, 4.69) is 23.1 Å². The molecule has 1 aliphatic rings. The highest BCUT2D eigenvalue weighted by Crippen LogP contribution is 2.35. The van der Waals surface area contributed by atoms with Gasteiger partial charge in [0.05, 0.1) is 22.0 Å². The fourth-order valence-corrected chi connectivity index (χ4v) is 3.37. The van der Waals surface area contributed by atoms with Crippen LogP contribution in [0.5, 0.6) is 0 Å². The second kappa shape index (κ2) is 6.71. The molecule has 1 aliphatic heterocycles. The van der Waals surface area contributed by atoms with Gasteiger partial charge in [-0.05, 0) is 23.3 Å². The largest absolute Gasteiger partial charge is 0.297 e. The Morgan fingerprint density at radius 3 is 2.50 bits per heavy atom. The van der Waals surface area contributed by atoms with Crippen LogP contribution in [0.1, 0.15) is 17.0 Å². The Bertz CT molecular complexity index is 694. The molecule has 0 N–H and O–H groups in total. The van der Waals surface area contributed by atoms with Crippen LogP contribution in [0.25, 0.3) is 0 Å². The second-order valence-corrected chi connectivity index (χ2v) is 6.51. The highest BCUT2D eigenvalue weighted by atomic mass is 35.5. The van der Waals surface area contributed by atoms with Crippen LogP contribution in [0.4, 0.5) is 0 Å². The van der Waals surface area contributed by atoms with E-state index in [1.165, 1.54) is 5.56 Å². The summed E-state index contributed by atoms with van der Waals surface area (Å²) in [6.07, 6.45) is 0. The number of rotatable bonds is 3. The molecule has 1 fully saturated rings. The number of benzene rings is 2. The molecule has 0 bridgehead atoms. The van der Waals surface area contributed by atoms with Gasteiger partial charge < -0.3 is 0 Å². The first-order chi connectivity index (χ1) is 10.7. The van der Waals surface area contributed by atoms with E-state index < -0.39 is 0 Å². The molecular formula is C18H16Cl2N2. The van der Waals surface area contributed by atoms with Crippen LogP contribution in [0.2, 0.25) is 10.0 Å². The smallest absolute Gasteiger partial charge is 0.0676 e. The van der Waals surface area contributed by atoms with E-state index in [-0.39, 0.29) is 11.8 Å². The lowest BCUT2D eigenvalue weighted by molar-refractivity contribution is 0.322. The van der Waals surface area contributed by atoms with Gasteiger partial charge in [0.15, 0.2) is 0 Å². The fourth-order valence-electron chi connectivity index (χ4n) is 3.07. The van der Waals surface area contributed by atoms with Gasteiger partial charge in [-0.15, -0.1) is 0 Å². The maximum absolute atomic E-state index is 9.47. The summed E-state index contributed by atoms with van der Waals surface area (Å²) in [6, 6.07) is 18.5. The van der Waals surface area contributed by atoms with E-state index >= 15 is 0 Å². The van der Waals surface area contributed by atoms with Crippen molar-refractivity contribution in [2.24, 2.45) is 5.92 Å². The van der Waals surface area contributed by atoms with Crippen molar-refractivity contribution in [1.82, 2.24) is 4.90 Å². The zero-order chi connectivity index (χ0) is 15.5. The van der Waals surface area contributed by atoms with Crippen molar-refractivity contribution in [3.05, 3.63) is 69.7 Å². The second-order valence-electron chi connectivity index (χ2n) is 5.70. The van der Waals surface area contributed by atoms with Crippen molar-refractivity contribution in [2.45, 2.75) is 12.5 Å². The Labute approximate surface area is 140 Å². The van der Waals surface area contributed by atoms with Gasteiger partial charge >= 0.3 is 0 Å². The van der Waals surface area contributed by atoms with E-state index in [1.807, 2.05) is 36.4 Å². The third-order valence-electron chi connectivity index (χ3n) is 4.18. The molecular weight excluding hydrogens is 315 g/mol. The van der Waals surface area contributed by atoms with E-state index in [0.717, 1.165) is 25.2 Å². The first-order valence-electron chi connectivity index (χ1n) is 7.28. The lowest BCUT2D eigenvalue weighted by atomic mass is 9.90. The molecule has 3 rings (SSSR count). The zero-order valence-electron chi connectivity index (χ0n) is 12.0. The van der Waals surface area contributed by atoms with E-state index in [0.29, 0.717) is 10.0 Å². The van der Waals surface area contributed by atoms with Crippen molar-refractivity contribution in [3.63, 3.8) is 0 Å². The third-order valence-corrected chi connectivity index (χ3v) is 4.92. The molecule has 2 aromatic carbocycles. The molecule has 0 aliphatic carbocycles. The van der Waals surface area contributed by atoms with Gasteiger partial charge in [0.1, 0.15) is 0 Å². The first kappa shape index (κ1) is 15.4. The summed E-state index contributed by atoms with van der Waals surface area (Å²) in [5, 5.41) is 10.6. The monoisotopic (exact) mass is 330 g/mol. The van der Waals surface area contributed by atoms with Gasteiger partial charge in [-0.25, -0.2) is 0 Å². The van der Waals surface area contributed by atoms with Crippen LogP contribution in [0, 0.1) is 17.2 Å². The van der Waals surface area contributed by atoms with Crippen LogP contribution in [-0.2, 0) is 6.54 Å². The molecule has 2 atom stereocenters. The van der Waals surface area contributed by atoms with E-state index in [9.17, 15) is 5.26 Å². The standard InChI is InChI=1S/C18H16Cl2N2/c19-17-7-6-14(8-18(17)20)16-12-22(11-15(16)9-21)10-13-4-2-1-3-5-13/h1-8,15-16H,10-12H2. The molecule has 2 unspecified atom stereocenters. The Morgan fingerprint density at radius 2 is 1.82 bits per heavy atom. The molecule has 0 spiro atoms. The fraction of sp³-hybridized carbons (Fsp3) is 0.278. The average molecular weight is 331 g/mol. The topological polar surface area (TPSA) is 27.0 Å². The molecule has 2 nitrogen and oxygen atoms in total. The quantitative estimate of drug-likeness (QED) is 0.813. The van der Waals surface area contributed by atoms with Crippen molar-refractivity contribution >= 4 is 23.2 Å². The van der Waals surface area contributed by atoms with Crippen molar-refractivity contribution in [2.75, 3.05) is 13.1 Å². The molecule has 22 heavy (non-hydrogen) atoms. The lowest BCUT2D eigenvalue weighted by Gasteiger charge is -2.16. The highest BCUT2D eigenvalue weighted by molar-refractivity contribution is 6.42. The number of hydrogen-bond acceptors (Lipinski definition) is 2. The average Bonchev–Trinajstić information content (AvgIpc) is 2.94. The summed E-state index contributed by atoms with van der Waals surface area (Å²) in [4.78, 5) is 2.33. The third kappa shape index (κ3) is 3.28. The molecule has 112 valence electrons. The van der Waals surface area contributed by atoms with Gasteiger partial charge in [0, 0.05) is 25.6 Å². The van der Waals surface area contributed by atoms with Crippen molar-refractivity contribution in [3.8, 4) is 6.07 Å². The predicted octanol–water partition coefficient (Wildman–Crippen LogP) is 4.73. The number of hydrogen-bond donors (Lipinski definition) is 0. The number of nitriles is 1. The summed E-state index contributed by atoms with van der Waals surface area (Å²) in [5.41, 5.74) is 2.37. The van der Waals surface area contributed by atoms with Gasteiger partial charge in [-0.2, -0.15) is 5.26 Å². The predicted molar refractivity (Wildman–Crippen MR) is 90.0 cm³/mol. The normalized spacial score (nSPS) is 21.7. The molecule has 4 heteroatoms. The minimum absolute atomic E-state index is 0.0130. The summed E-state index contributed by atoms with van der Waals surface area (Å²) in [5.74, 6) is 0.171. The van der Waals surface area contributed by atoms with Crippen LogP contribution in [-0.4, -0.2) is 18.0 Å². The number of likely N-dealkylation sites (tertiary alicyclic amines) is 1. The van der Waals surface area contributed by atoms with Gasteiger partial charge in [0.25, 0.3) is 0 Å². The molecule has 0 aromatic heterocycles. The zero-order valence-corrected chi connectivity index (χ0v) is 13.6. The summed E-state index contributed by atoms with van der Waals surface area (Å²) < 4.78 is 0. The van der Waals surface area contributed by atoms with Gasteiger partial charge in [-0.3, -0.25) is 4.90 Å². The van der Waals surface area contributed by atoms with Crippen molar-refractivity contribution in [1.29, 1.82) is 5.26 Å². The Balaban J connectivity index is 1.77. The van der Waals surface area contributed by atoms with Gasteiger partial charge in [0.2, 0.25) is 0 Å². The summed E-state index contributed by atoms with van der Waals surface area (Å²) in [6.45, 7) is 2.53. The molecule has 0 amide bonds.